The van der Waals surface area contributed by atoms with Crippen LogP contribution in [0.25, 0.3) is 0 Å². The topological polar surface area (TPSA) is 120 Å². The Bertz CT molecular complexity index is 482. The summed E-state index contributed by atoms with van der Waals surface area (Å²) in [6.45, 7) is 9.29. The Hall–Kier alpha value is -2.03. The molecule has 9 nitrogen and oxygen atoms in total. The van der Waals surface area contributed by atoms with E-state index in [1.54, 1.807) is 34.6 Å². The molecule has 1 aliphatic rings. The van der Waals surface area contributed by atoms with Gasteiger partial charge in [-0.2, -0.15) is 0 Å². The summed E-state index contributed by atoms with van der Waals surface area (Å²) in [7, 11) is 0. The van der Waals surface area contributed by atoms with E-state index >= 15 is 0 Å². The summed E-state index contributed by atoms with van der Waals surface area (Å²) >= 11 is 0. The standard InChI is InChI=1S/C14H23NO8/c1-7(2)9-20-10(17)14(8(3)16,23-12(19)21-9)15-11(18)22-13(4,5)6/h7-9,16H,1-6H3,(H,15,18)/t8?,9?,14-/m1/s1. The van der Waals surface area contributed by atoms with Crippen molar-refractivity contribution in [3.05, 3.63) is 0 Å². The number of alkyl carbamates (subject to hydrolysis) is 1. The van der Waals surface area contributed by atoms with Gasteiger partial charge in [0.15, 0.2) is 0 Å². The third-order valence-corrected chi connectivity index (χ3v) is 2.80. The molecule has 9 heteroatoms. The van der Waals surface area contributed by atoms with Gasteiger partial charge in [-0.05, 0) is 27.7 Å². The van der Waals surface area contributed by atoms with E-state index in [0.717, 1.165) is 6.92 Å². The number of aliphatic hydroxyl groups excluding tert-OH is 1. The number of rotatable bonds is 3. The maximum absolute atomic E-state index is 12.3. The maximum Gasteiger partial charge on any atom is 0.514 e. The van der Waals surface area contributed by atoms with Gasteiger partial charge < -0.3 is 24.1 Å². The van der Waals surface area contributed by atoms with Gasteiger partial charge in [0.1, 0.15) is 11.7 Å². The normalized spacial score (nSPS) is 26.5. The van der Waals surface area contributed by atoms with E-state index in [-0.39, 0.29) is 5.92 Å². The van der Waals surface area contributed by atoms with Crippen LogP contribution in [-0.4, -0.2) is 47.0 Å². The minimum absolute atomic E-state index is 0.349. The van der Waals surface area contributed by atoms with Crippen LogP contribution < -0.4 is 5.32 Å². The number of cyclic esters (lactones) is 3. The molecule has 0 radical (unpaired) electrons. The summed E-state index contributed by atoms with van der Waals surface area (Å²) in [5.41, 5.74) is -3.32. The second kappa shape index (κ2) is 6.61. The van der Waals surface area contributed by atoms with Crippen molar-refractivity contribution >= 4 is 18.2 Å². The Kier molecular flexibility index (Phi) is 5.47. The Morgan fingerprint density at radius 1 is 1.26 bits per heavy atom. The molecule has 1 heterocycles. The Morgan fingerprint density at radius 3 is 2.26 bits per heavy atom. The lowest BCUT2D eigenvalue weighted by Gasteiger charge is -2.32. The summed E-state index contributed by atoms with van der Waals surface area (Å²) in [4.78, 5) is 36.0. The van der Waals surface area contributed by atoms with E-state index in [0.29, 0.717) is 0 Å². The van der Waals surface area contributed by atoms with E-state index in [4.69, 9.17) is 18.9 Å². The average Bonchev–Trinajstić information content (AvgIpc) is 2.45. The molecule has 1 amide bonds. The van der Waals surface area contributed by atoms with E-state index < -0.39 is 41.9 Å². The van der Waals surface area contributed by atoms with Crippen molar-refractivity contribution in [3.63, 3.8) is 0 Å². The van der Waals surface area contributed by atoms with E-state index in [2.05, 4.69) is 5.32 Å². The molecule has 132 valence electrons. The number of hydrogen-bond acceptors (Lipinski definition) is 8. The molecule has 0 spiro atoms. The zero-order valence-electron chi connectivity index (χ0n) is 14.0. The summed E-state index contributed by atoms with van der Waals surface area (Å²) in [5.74, 6) is -1.51. The number of ether oxygens (including phenoxy) is 4. The molecule has 1 rings (SSSR count). The highest BCUT2D eigenvalue weighted by Gasteiger charge is 2.55. The van der Waals surface area contributed by atoms with Crippen molar-refractivity contribution in [2.45, 2.75) is 65.3 Å². The number of hydrogen-bond donors (Lipinski definition) is 2. The number of esters is 1. The van der Waals surface area contributed by atoms with Gasteiger partial charge in [0.25, 0.3) is 6.29 Å². The second-order valence-electron chi connectivity index (χ2n) is 6.53. The second-order valence-corrected chi connectivity index (χ2v) is 6.53. The van der Waals surface area contributed by atoms with Crippen molar-refractivity contribution < 1.29 is 38.4 Å². The van der Waals surface area contributed by atoms with Crippen LogP contribution in [0.15, 0.2) is 0 Å². The number of nitrogens with one attached hydrogen (secondary N) is 1. The number of aliphatic hydroxyl groups is 1. The summed E-state index contributed by atoms with van der Waals surface area (Å²) in [5, 5.41) is 12.0. The first-order valence-corrected chi connectivity index (χ1v) is 7.17. The third-order valence-electron chi connectivity index (χ3n) is 2.80. The van der Waals surface area contributed by atoms with Crippen LogP contribution in [-0.2, 0) is 23.7 Å². The van der Waals surface area contributed by atoms with Crippen molar-refractivity contribution in [2.75, 3.05) is 0 Å². The molecule has 0 aliphatic carbocycles. The van der Waals surface area contributed by atoms with Crippen LogP contribution >= 0.6 is 0 Å². The van der Waals surface area contributed by atoms with E-state index in [1.165, 1.54) is 0 Å². The highest BCUT2D eigenvalue weighted by Crippen LogP contribution is 2.25. The van der Waals surface area contributed by atoms with Gasteiger partial charge in [0.05, 0.1) is 0 Å². The first-order chi connectivity index (χ1) is 10.4. The number of amides is 1. The van der Waals surface area contributed by atoms with E-state index in [1.807, 2.05) is 0 Å². The maximum atomic E-state index is 12.3. The Morgan fingerprint density at radius 2 is 1.83 bits per heavy atom. The molecule has 3 atom stereocenters. The zero-order valence-corrected chi connectivity index (χ0v) is 14.0. The molecule has 0 aromatic rings. The molecule has 1 fully saturated rings. The summed E-state index contributed by atoms with van der Waals surface area (Å²) in [6.07, 6.45) is -5.13. The molecule has 1 aliphatic heterocycles. The van der Waals surface area contributed by atoms with E-state index in [9.17, 15) is 19.5 Å². The molecule has 2 unspecified atom stereocenters. The molecule has 0 aromatic heterocycles. The van der Waals surface area contributed by atoms with Crippen molar-refractivity contribution in [1.29, 1.82) is 0 Å². The third kappa shape index (κ3) is 4.72. The lowest BCUT2D eigenvalue weighted by molar-refractivity contribution is -0.188. The smallest absolute Gasteiger partial charge is 0.444 e. The SMILES string of the molecule is CC(C)C1OC(=O)O[C@](NC(=O)OC(C)(C)C)(C(C)O)C(=O)O1. The van der Waals surface area contributed by atoms with Gasteiger partial charge >= 0.3 is 23.9 Å². The van der Waals surface area contributed by atoms with Crippen LogP contribution in [0, 0.1) is 5.92 Å². The molecule has 0 bridgehead atoms. The minimum Gasteiger partial charge on any atom is -0.444 e. The molecule has 0 saturated carbocycles. The average molecular weight is 333 g/mol. The van der Waals surface area contributed by atoms with Gasteiger partial charge in [0.2, 0.25) is 0 Å². The molecule has 2 N–H and O–H groups in total. The van der Waals surface area contributed by atoms with Gasteiger partial charge in [-0.1, -0.05) is 13.8 Å². The van der Waals surface area contributed by atoms with Crippen molar-refractivity contribution in [1.82, 2.24) is 5.32 Å². The summed E-state index contributed by atoms with van der Waals surface area (Å²) < 4.78 is 19.7. The van der Waals surface area contributed by atoms with Gasteiger partial charge in [0, 0.05) is 5.92 Å². The highest BCUT2D eigenvalue weighted by molar-refractivity contribution is 5.87. The van der Waals surface area contributed by atoms with Crippen LogP contribution in [0.5, 0.6) is 0 Å². The predicted molar refractivity (Wildman–Crippen MR) is 76.1 cm³/mol. The highest BCUT2D eigenvalue weighted by atomic mass is 16.8. The quantitative estimate of drug-likeness (QED) is 0.585. The molecule has 1 saturated heterocycles. The summed E-state index contributed by atoms with van der Waals surface area (Å²) in [6, 6.07) is 0. The van der Waals surface area contributed by atoms with Crippen LogP contribution in [0.4, 0.5) is 9.59 Å². The fourth-order valence-corrected chi connectivity index (χ4v) is 1.67. The Labute approximate surface area is 134 Å². The molecular weight excluding hydrogens is 310 g/mol. The Balaban J connectivity index is 3.09. The van der Waals surface area contributed by atoms with Gasteiger partial charge in [-0.25, -0.2) is 14.4 Å². The fourth-order valence-electron chi connectivity index (χ4n) is 1.67. The zero-order chi connectivity index (χ0) is 18.0. The first-order valence-electron chi connectivity index (χ1n) is 7.17. The molecular formula is C14H23NO8. The van der Waals surface area contributed by atoms with Crippen molar-refractivity contribution in [2.24, 2.45) is 5.92 Å². The lowest BCUT2D eigenvalue weighted by atomic mass is 10.1. The molecule has 23 heavy (non-hydrogen) atoms. The lowest BCUT2D eigenvalue weighted by Crippen LogP contribution is -2.64. The monoisotopic (exact) mass is 333 g/mol. The van der Waals surface area contributed by atoms with Crippen LogP contribution in [0.3, 0.4) is 0 Å². The number of carbonyl (C=O) groups excluding carboxylic acids is 3. The van der Waals surface area contributed by atoms with Crippen molar-refractivity contribution in [3.8, 4) is 0 Å². The minimum atomic E-state index is -2.46. The fraction of sp³-hybridized carbons (Fsp3) is 0.786. The largest absolute Gasteiger partial charge is 0.514 e. The van der Waals surface area contributed by atoms with Crippen LogP contribution in [0.2, 0.25) is 0 Å². The van der Waals surface area contributed by atoms with Crippen LogP contribution in [0.1, 0.15) is 41.5 Å². The predicted octanol–water partition coefficient (Wildman–Crippen LogP) is 1.28. The van der Waals surface area contributed by atoms with Gasteiger partial charge in [-0.15, -0.1) is 0 Å². The van der Waals surface area contributed by atoms with Gasteiger partial charge in [-0.3, -0.25) is 5.32 Å². The first kappa shape index (κ1) is 19.0. The number of carbonyl (C=O) groups is 3. The molecule has 0 aromatic carbocycles.